The average Bonchev–Trinajstić information content (AvgIpc) is 2.44. The lowest BCUT2D eigenvalue weighted by Crippen LogP contribution is -2.49. The summed E-state index contributed by atoms with van der Waals surface area (Å²) in [5.74, 6) is -1.58. The lowest BCUT2D eigenvalue weighted by atomic mass is 9.99. The largest absolute Gasteiger partial charge is 0.480 e. The molecule has 0 aliphatic carbocycles. The van der Waals surface area contributed by atoms with Crippen molar-refractivity contribution in [2.24, 2.45) is 5.92 Å². The van der Waals surface area contributed by atoms with Crippen LogP contribution in [0.15, 0.2) is 24.3 Å². The molecule has 1 rings (SSSR count). The number of hydrogen-bond donors (Lipinski definition) is 3. The van der Waals surface area contributed by atoms with Crippen LogP contribution < -0.4 is 10.6 Å². The van der Waals surface area contributed by atoms with E-state index in [9.17, 15) is 14.0 Å². The monoisotopic (exact) mass is 296 g/mol. The fourth-order valence-corrected chi connectivity index (χ4v) is 1.90. The number of urea groups is 1. The van der Waals surface area contributed by atoms with Gasteiger partial charge in [-0.1, -0.05) is 32.4 Å². The molecule has 6 heteroatoms. The molecule has 0 bridgehead atoms. The van der Waals surface area contributed by atoms with Crippen LogP contribution in [0, 0.1) is 11.7 Å². The van der Waals surface area contributed by atoms with Gasteiger partial charge in [-0.3, -0.25) is 0 Å². The summed E-state index contributed by atoms with van der Waals surface area (Å²) < 4.78 is 12.8. The Morgan fingerprint density at radius 2 is 1.76 bits per heavy atom. The quantitative estimate of drug-likeness (QED) is 0.755. The molecule has 0 saturated carbocycles. The van der Waals surface area contributed by atoms with Gasteiger partial charge in [0.1, 0.15) is 11.9 Å². The average molecular weight is 296 g/mol. The van der Waals surface area contributed by atoms with Crippen molar-refractivity contribution < 1.29 is 19.1 Å². The summed E-state index contributed by atoms with van der Waals surface area (Å²) in [5, 5.41) is 14.2. The number of benzene rings is 1. The second kappa shape index (κ2) is 7.61. The van der Waals surface area contributed by atoms with Gasteiger partial charge in [0.25, 0.3) is 0 Å². The van der Waals surface area contributed by atoms with Gasteiger partial charge in [-0.15, -0.1) is 0 Å². The highest BCUT2D eigenvalue weighted by Crippen LogP contribution is 2.13. The molecule has 0 radical (unpaired) electrons. The number of hydrogen-bond acceptors (Lipinski definition) is 2. The number of halogens is 1. The predicted octanol–water partition coefficient (Wildman–Crippen LogP) is 2.69. The summed E-state index contributed by atoms with van der Waals surface area (Å²) in [6, 6.07) is 3.93. The number of rotatable bonds is 6. The summed E-state index contributed by atoms with van der Waals surface area (Å²) in [5.41, 5.74) is 0.738. The Hall–Kier alpha value is -2.11. The van der Waals surface area contributed by atoms with Gasteiger partial charge in [-0.05, 0) is 30.5 Å². The second-order valence-corrected chi connectivity index (χ2v) is 5.09. The van der Waals surface area contributed by atoms with E-state index in [0.717, 1.165) is 5.56 Å². The molecule has 3 atom stereocenters. The maximum absolute atomic E-state index is 12.8. The zero-order chi connectivity index (χ0) is 16.0. The molecule has 0 aliphatic rings. The van der Waals surface area contributed by atoms with E-state index >= 15 is 0 Å². The number of aliphatic carboxylic acids is 1. The molecule has 0 saturated heterocycles. The maximum atomic E-state index is 12.8. The normalized spacial score (nSPS) is 14.9. The molecule has 1 aromatic carbocycles. The van der Waals surface area contributed by atoms with Crippen LogP contribution in [0.25, 0.3) is 0 Å². The van der Waals surface area contributed by atoms with Crippen LogP contribution in [0.4, 0.5) is 9.18 Å². The van der Waals surface area contributed by atoms with E-state index in [1.165, 1.54) is 12.1 Å². The first-order chi connectivity index (χ1) is 9.85. The molecule has 0 spiro atoms. The minimum atomic E-state index is -1.06. The third-order valence-corrected chi connectivity index (χ3v) is 3.48. The van der Waals surface area contributed by atoms with Crippen molar-refractivity contribution >= 4 is 12.0 Å². The Labute approximate surface area is 123 Å². The van der Waals surface area contributed by atoms with Gasteiger partial charge in [0.05, 0.1) is 6.04 Å². The zero-order valence-electron chi connectivity index (χ0n) is 12.4. The van der Waals surface area contributed by atoms with Crippen LogP contribution in [0.5, 0.6) is 0 Å². The molecule has 21 heavy (non-hydrogen) atoms. The van der Waals surface area contributed by atoms with E-state index in [1.807, 2.05) is 6.92 Å². The molecule has 0 fully saturated rings. The van der Waals surface area contributed by atoms with E-state index in [-0.39, 0.29) is 17.8 Å². The standard InChI is InChI=1S/C15H21FN2O3/c1-4-9(2)13(14(19)20)18-15(21)17-10(3)11-5-7-12(16)8-6-11/h5-10,13H,4H2,1-3H3,(H,19,20)(H2,17,18,21). The van der Waals surface area contributed by atoms with E-state index in [0.29, 0.717) is 6.42 Å². The Kier molecular flexibility index (Phi) is 6.14. The lowest BCUT2D eigenvalue weighted by molar-refractivity contribution is -0.140. The maximum Gasteiger partial charge on any atom is 0.326 e. The summed E-state index contributed by atoms with van der Waals surface area (Å²) >= 11 is 0. The highest BCUT2D eigenvalue weighted by Gasteiger charge is 2.25. The molecular formula is C15H21FN2O3. The van der Waals surface area contributed by atoms with Crippen LogP contribution in [-0.2, 0) is 4.79 Å². The fourth-order valence-electron chi connectivity index (χ4n) is 1.90. The van der Waals surface area contributed by atoms with Gasteiger partial charge in [-0.2, -0.15) is 0 Å². The van der Waals surface area contributed by atoms with Crippen molar-refractivity contribution in [2.75, 3.05) is 0 Å². The Balaban J connectivity index is 2.63. The van der Waals surface area contributed by atoms with Crippen LogP contribution >= 0.6 is 0 Å². The van der Waals surface area contributed by atoms with Crippen molar-refractivity contribution in [1.29, 1.82) is 0 Å². The van der Waals surface area contributed by atoms with Crippen molar-refractivity contribution in [2.45, 2.75) is 39.3 Å². The Morgan fingerprint density at radius 3 is 2.24 bits per heavy atom. The highest BCUT2D eigenvalue weighted by molar-refractivity contribution is 5.82. The van der Waals surface area contributed by atoms with Crippen LogP contribution in [0.1, 0.15) is 38.8 Å². The number of carboxylic acid groups (broad SMARTS) is 1. The molecule has 0 heterocycles. The first kappa shape index (κ1) is 16.9. The first-order valence-corrected chi connectivity index (χ1v) is 6.90. The first-order valence-electron chi connectivity index (χ1n) is 6.90. The number of nitrogens with one attached hydrogen (secondary N) is 2. The van der Waals surface area contributed by atoms with Crippen molar-refractivity contribution in [1.82, 2.24) is 10.6 Å². The molecule has 2 amide bonds. The number of carbonyl (C=O) groups is 2. The van der Waals surface area contributed by atoms with Crippen LogP contribution in [-0.4, -0.2) is 23.1 Å². The lowest BCUT2D eigenvalue weighted by Gasteiger charge is -2.22. The molecule has 0 aromatic heterocycles. The highest BCUT2D eigenvalue weighted by atomic mass is 19.1. The van der Waals surface area contributed by atoms with Crippen LogP contribution in [0.2, 0.25) is 0 Å². The van der Waals surface area contributed by atoms with Crippen molar-refractivity contribution in [3.05, 3.63) is 35.6 Å². The molecule has 3 unspecified atom stereocenters. The number of carboxylic acids is 1. The molecule has 3 N–H and O–H groups in total. The molecular weight excluding hydrogens is 275 g/mol. The third kappa shape index (κ3) is 5.06. The minimum Gasteiger partial charge on any atom is -0.480 e. The smallest absolute Gasteiger partial charge is 0.326 e. The molecule has 116 valence electrons. The van der Waals surface area contributed by atoms with Gasteiger partial charge in [-0.25, -0.2) is 14.0 Å². The SMILES string of the molecule is CCC(C)C(NC(=O)NC(C)c1ccc(F)cc1)C(=O)O. The number of carbonyl (C=O) groups excluding carboxylic acids is 1. The molecule has 5 nitrogen and oxygen atoms in total. The summed E-state index contributed by atoms with van der Waals surface area (Å²) in [4.78, 5) is 23.0. The fraction of sp³-hybridized carbons (Fsp3) is 0.467. The van der Waals surface area contributed by atoms with Crippen molar-refractivity contribution in [3.8, 4) is 0 Å². The van der Waals surface area contributed by atoms with E-state index in [2.05, 4.69) is 10.6 Å². The third-order valence-electron chi connectivity index (χ3n) is 3.48. The topological polar surface area (TPSA) is 78.4 Å². The summed E-state index contributed by atoms with van der Waals surface area (Å²) in [6.07, 6.45) is 0.644. The minimum absolute atomic E-state index is 0.172. The summed E-state index contributed by atoms with van der Waals surface area (Å²) in [7, 11) is 0. The van der Waals surface area contributed by atoms with Gasteiger partial charge in [0, 0.05) is 0 Å². The van der Waals surface area contributed by atoms with Gasteiger partial charge in [0.2, 0.25) is 0 Å². The van der Waals surface area contributed by atoms with E-state index in [1.54, 1.807) is 26.0 Å². The molecule has 1 aromatic rings. The zero-order valence-corrected chi connectivity index (χ0v) is 12.4. The predicted molar refractivity (Wildman–Crippen MR) is 77.4 cm³/mol. The Bertz CT molecular complexity index is 490. The molecule has 0 aliphatic heterocycles. The van der Waals surface area contributed by atoms with Crippen LogP contribution in [0.3, 0.4) is 0 Å². The summed E-state index contributed by atoms with van der Waals surface area (Å²) in [6.45, 7) is 5.37. The van der Waals surface area contributed by atoms with Gasteiger partial charge >= 0.3 is 12.0 Å². The van der Waals surface area contributed by atoms with Gasteiger partial charge < -0.3 is 15.7 Å². The van der Waals surface area contributed by atoms with E-state index in [4.69, 9.17) is 5.11 Å². The second-order valence-electron chi connectivity index (χ2n) is 5.09. The van der Waals surface area contributed by atoms with Crippen molar-refractivity contribution in [3.63, 3.8) is 0 Å². The van der Waals surface area contributed by atoms with Gasteiger partial charge in [0.15, 0.2) is 0 Å². The van der Waals surface area contributed by atoms with E-state index < -0.39 is 18.0 Å². The number of amides is 2. The Morgan fingerprint density at radius 1 is 1.19 bits per heavy atom.